The molecule has 0 bridgehead atoms. The van der Waals surface area contributed by atoms with E-state index in [0.29, 0.717) is 11.5 Å². The summed E-state index contributed by atoms with van der Waals surface area (Å²) in [5.41, 5.74) is 4.57. The van der Waals surface area contributed by atoms with E-state index in [1.54, 1.807) is 12.3 Å². The lowest BCUT2D eigenvalue weighted by molar-refractivity contribution is -0.130. The maximum atomic E-state index is 12.2. The van der Waals surface area contributed by atoms with Gasteiger partial charge in [-0.05, 0) is 29.8 Å². The molecule has 1 amide bonds. The number of anilines is 1. The Morgan fingerprint density at radius 1 is 1.07 bits per heavy atom. The number of hydrogen-bond acceptors (Lipinski definition) is 6. The maximum absolute atomic E-state index is 12.2. The van der Waals surface area contributed by atoms with Crippen LogP contribution >= 0.6 is 0 Å². The zero-order valence-electron chi connectivity index (χ0n) is 14.8. The number of para-hydroxylation sites is 2. The predicted octanol–water partition coefficient (Wildman–Crippen LogP) is 1.81. The van der Waals surface area contributed by atoms with Crippen LogP contribution < -0.4 is 19.8 Å². The third kappa shape index (κ3) is 4.20. The first kappa shape index (κ1) is 17.4. The van der Waals surface area contributed by atoms with Crippen LogP contribution in [-0.2, 0) is 9.53 Å². The number of hydrogen-bond donors (Lipinski definition) is 1. The zero-order chi connectivity index (χ0) is 18.5. The minimum Gasteiger partial charge on any atom is -0.485 e. The van der Waals surface area contributed by atoms with Crippen molar-refractivity contribution >= 4 is 17.8 Å². The number of rotatable bonds is 4. The minimum atomic E-state index is -0.722. The number of ether oxygens (including phenoxy) is 3. The number of benzene rings is 2. The molecule has 1 atom stereocenters. The number of carbonyl (C=O) groups excluding carboxylic acids is 1. The molecule has 0 aliphatic carbocycles. The van der Waals surface area contributed by atoms with E-state index >= 15 is 0 Å². The first-order chi connectivity index (χ1) is 13.3. The Hall–Kier alpha value is -3.06. The molecule has 0 saturated carbocycles. The molecule has 0 aromatic heterocycles. The van der Waals surface area contributed by atoms with Crippen molar-refractivity contribution in [2.75, 3.05) is 37.8 Å². The maximum Gasteiger partial charge on any atom is 0.284 e. The molecule has 4 rings (SSSR count). The van der Waals surface area contributed by atoms with E-state index in [1.165, 1.54) is 0 Å². The van der Waals surface area contributed by atoms with Crippen molar-refractivity contribution in [1.82, 2.24) is 5.43 Å². The smallest absolute Gasteiger partial charge is 0.284 e. The molecule has 2 aliphatic heterocycles. The molecular weight excluding hydrogens is 346 g/mol. The highest BCUT2D eigenvalue weighted by atomic mass is 16.6. The average molecular weight is 367 g/mol. The monoisotopic (exact) mass is 367 g/mol. The van der Waals surface area contributed by atoms with E-state index in [9.17, 15) is 4.79 Å². The fourth-order valence-corrected chi connectivity index (χ4v) is 2.98. The molecule has 0 radical (unpaired) electrons. The van der Waals surface area contributed by atoms with Crippen LogP contribution in [0.5, 0.6) is 11.5 Å². The van der Waals surface area contributed by atoms with Gasteiger partial charge in [0.25, 0.3) is 5.91 Å². The highest BCUT2D eigenvalue weighted by molar-refractivity contribution is 5.85. The van der Waals surface area contributed by atoms with E-state index in [-0.39, 0.29) is 12.5 Å². The van der Waals surface area contributed by atoms with Crippen molar-refractivity contribution in [1.29, 1.82) is 0 Å². The van der Waals surface area contributed by atoms with Gasteiger partial charge in [-0.1, -0.05) is 24.3 Å². The first-order valence-corrected chi connectivity index (χ1v) is 8.94. The van der Waals surface area contributed by atoms with Gasteiger partial charge < -0.3 is 19.1 Å². The number of nitrogens with one attached hydrogen (secondary N) is 1. The highest BCUT2D eigenvalue weighted by Gasteiger charge is 2.26. The quantitative estimate of drug-likeness (QED) is 0.659. The lowest BCUT2D eigenvalue weighted by atomic mass is 10.2. The normalized spacial score (nSPS) is 19.1. The number of hydrazone groups is 1. The summed E-state index contributed by atoms with van der Waals surface area (Å²) in [5.74, 6) is 0.864. The summed E-state index contributed by atoms with van der Waals surface area (Å²) in [4.78, 5) is 14.5. The van der Waals surface area contributed by atoms with Gasteiger partial charge in [0.1, 0.15) is 6.61 Å². The second-order valence-corrected chi connectivity index (χ2v) is 6.29. The van der Waals surface area contributed by atoms with Crippen molar-refractivity contribution in [2.24, 2.45) is 5.10 Å². The fraction of sp³-hybridized carbons (Fsp3) is 0.300. The summed E-state index contributed by atoms with van der Waals surface area (Å²) in [7, 11) is 0. The molecule has 0 unspecified atom stereocenters. The van der Waals surface area contributed by atoms with Gasteiger partial charge in [0.05, 0.1) is 19.4 Å². The third-order valence-corrected chi connectivity index (χ3v) is 4.46. The fourth-order valence-electron chi connectivity index (χ4n) is 2.98. The lowest BCUT2D eigenvalue weighted by Gasteiger charge is -2.28. The van der Waals surface area contributed by atoms with Crippen molar-refractivity contribution in [3.05, 3.63) is 54.1 Å². The third-order valence-electron chi connectivity index (χ3n) is 4.46. The molecule has 7 heteroatoms. The molecule has 1 saturated heterocycles. The molecular formula is C20H21N3O4. The van der Waals surface area contributed by atoms with Gasteiger partial charge in [-0.3, -0.25) is 4.79 Å². The summed E-state index contributed by atoms with van der Waals surface area (Å²) in [5, 5.41) is 4.02. The Morgan fingerprint density at radius 2 is 1.81 bits per heavy atom. The van der Waals surface area contributed by atoms with Crippen LogP contribution in [0, 0.1) is 0 Å². The number of amides is 1. The molecule has 0 spiro atoms. The van der Waals surface area contributed by atoms with Gasteiger partial charge in [-0.25, -0.2) is 5.43 Å². The molecule has 2 aromatic carbocycles. The van der Waals surface area contributed by atoms with Crippen LogP contribution in [-0.4, -0.2) is 51.1 Å². The summed E-state index contributed by atoms with van der Waals surface area (Å²) in [6.07, 6.45) is 0.888. The van der Waals surface area contributed by atoms with Crippen molar-refractivity contribution < 1.29 is 19.0 Å². The molecule has 27 heavy (non-hydrogen) atoms. The van der Waals surface area contributed by atoms with Crippen LogP contribution in [0.4, 0.5) is 5.69 Å². The van der Waals surface area contributed by atoms with E-state index < -0.39 is 6.10 Å². The second kappa shape index (κ2) is 8.09. The number of morpholine rings is 1. The second-order valence-electron chi connectivity index (χ2n) is 6.29. The van der Waals surface area contributed by atoms with E-state index in [1.807, 2.05) is 42.5 Å². The molecule has 1 fully saturated rings. The van der Waals surface area contributed by atoms with Gasteiger partial charge >= 0.3 is 0 Å². The summed E-state index contributed by atoms with van der Waals surface area (Å²) < 4.78 is 16.6. The SMILES string of the molecule is O=C(N/N=C\c1ccc(N2CCOCC2)cc1)[C@H]1COc2ccccc2O1. The molecule has 2 heterocycles. The van der Waals surface area contributed by atoms with Crippen molar-refractivity contribution in [3.8, 4) is 11.5 Å². The zero-order valence-corrected chi connectivity index (χ0v) is 14.8. The predicted molar refractivity (Wildman–Crippen MR) is 102 cm³/mol. The number of carbonyl (C=O) groups is 1. The Morgan fingerprint density at radius 3 is 2.59 bits per heavy atom. The van der Waals surface area contributed by atoms with Crippen LogP contribution in [0.25, 0.3) is 0 Å². The van der Waals surface area contributed by atoms with Crippen LogP contribution in [0.1, 0.15) is 5.56 Å². The topological polar surface area (TPSA) is 72.4 Å². The van der Waals surface area contributed by atoms with Gasteiger partial charge in [-0.2, -0.15) is 5.10 Å². The molecule has 2 aromatic rings. The molecule has 2 aliphatic rings. The molecule has 1 N–H and O–H groups in total. The Bertz CT molecular complexity index is 816. The molecule has 7 nitrogen and oxygen atoms in total. The summed E-state index contributed by atoms with van der Waals surface area (Å²) in [6.45, 7) is 3.47. The Labute approximate surface area is 157 Å². The van der Waals surface area contributed by atoms with Gasteiger partial charge in [0.2, 0.25) is 6.10 Å². The van der Waals surface area contributed by atoms with Gasteiger partial charge in [0.15, 0.2) is 11.5 Å². The van der Waals surface area contributed by atoms with E-state index in [2.05, 4.69) is 15.4 Å². The van der Waals surface area contributed by atoms with E-state index in [4.69, 9.17) is 14.2 Å². The van der Waals surface area contributed by atoms with Crippen LogP contribution in [0.3, 0.4) is 0 Å². The van der Waals surface area contributed by atoms with E-state index in [0.717, 1.165) is 37.6 Å². The van der Waals surface area contributed by atoms with Gasteiger partial charge in [0, 0.05) is 18.8 Å². The van der Waals surface area contributed by atoms with Crippen LogP contribution in [0.15, 0.2) is 53.6 Å². The summed E-state index contributed by atoms with van der Waals surface area (Å²) in [6, 6.07) is 15.3. The number of nitrogens with zero attached hydrogens (tertiary/aromatic N) is 2. The average Bonchev–Trinajstić information content (AvgIpc) is 2.74. The molecule has 140 valence electrons. The van der Waals surface area contributed by atoms with Crippen LogP contribution in [0.2, 0.25) is 0 Å². The van der Waals surface area contributed by atoms with Crippen molar-refractivity contribution in [2.45, 2.75) is 6.10 Å². The first-order valence-electron chi connectivity index (χ1n) is 8.94. The largest absolute Gasteiger partial charge is 0.485 e. The standard InChI is InChI=1S/C20H21N3O4/c24-20(19-14-26-17-3-1-2-4-18(17)27-19)22-21-13-15-5-7-16(8-6-15)23-9-11-25-12-10-23/h1-8,13,19H,9-12,14H2,(H,22,24)/b21-13-/t19-/m1/s1. The lowest BCUT2D eigenvalue weighted by Crippen LogP contribution is -2.42. The van der Waals surface area contributed by atoms with Crippen molar-refractivity contribution in [3.63, 3.8) is 0 Å². The van der Waals surface area contributed by atoms with Gasteiger partial charge in [-0.15, -0.1) is 0 Å². The Balaban J connectivity index is 1.30. The Kier molecular flexibility index (Phi) is 5.20. The summed E-state index contributed by atoms with van der Waals surface area (Å²) >= 11 is 0. The minimum absolute atomic E-state index is 0.159. The number of fused-ring (bicyclic) bond motifs is 1. The highest BCUT2D eigenvalue weighted by Crippen LogP contribution is 2.30.